The van der Waals surface area contributed by atoms with Crippen molar-refractivity contribution in [3.8, 4) is 0 Å². The third-order valence-electron chi connectivity index (χ3n) is 4.79. The highest BCUT2D eigenvalue weighted by Gasteiger charge is 2.36. The van der Waals surface area contributed by atoms with Crippen molar-refractivity contribution in [2.45, 2.75) is 44.8 Å². The zero-order valence-electron chi connectivity index (χ0n) is 13.5. The molecule has 0 saturated heterocycles. The van der Waals surface area contributed by atoms with Crippen molar-refractivity contribution in [2.75, 3.05) is 0 Å². The number of fused-ring (bicyclic) bond motifs is 1. The third-order valence-corrected chi connectivity index (χ3v) is 4.79. The predicted octanol–water partition coefficient (Wildman–Crippen LogP) is 4.04. The summed E-state index contributed by atoms with van der Waals surface area (Å²) in [5, 5.41) is 9.57. The second-order valence-electron chi connectivity index (χ2n) is 6.17. The molecule has 2 aromatic carbocycles. The van der Waals surface area contributed by atoms with E-state index in [0.717, 1.165) is 19.4 Å². The molecular weight excluding hydrogens is 286 g/mol. The quantitative estimate of drug-likeness (QED) is 0.875. The Hall–Kier alpha value is -2.13. The number of carbonyl (C=O) groups is 1. The molecule has 0 aliphatic carbocycles. The summed E-state index contributed by atoms with van der Waals surface area (Å²) in [5.74, 6) is -0.718. The molecule has 120 valence electrons. The smallest absolute Gasteiger partial charge is 0.320 e. The van der Waals surface area contributed by atoms with Crippen LogP contribution < -0.4 is 0 Å². The highest BCUT2D eigenvalue weighted by molar-refractivity contribution is 5.73. The summed E-state index contributed by atoms with van der Waals surface area (Å²) in [6, 6.07) is 18.6. The molecule has 1 aliphatic rings. The number of aliphatic carboxylic acids is 1. The van der Waals surface area contributed by atoms with Gasteiger partial charge < -0.3 is 5.11 Å². The van der Waals surface area contributed by atoms with Crippen LogP contribution in [-0.4, -0.2) is 22.0 Å². The predicted molar refractivity (Wildman–Crippen MR) is 91.2 cm³/mol. The molecule has 2 aromatic rings. The molecule has 0 saturated carbocycles. The number of rotatable bonds is 6. The summed E-state index contributed by atoms with van der Waals surface area (Å²) in [6.07, 6.45) is 2.54. The number of hydrogen-bond acceptors (Lipinski definition) is 2. The van der Waals surface area contributed by atoms with Crippen LogP contribution in [0.2, 0.25) is 0 Å². The number of hydrogen-bond donors (Lipinski definition) is 1. The van der Waals surface area contributed by atoms with E-state index in [4.69, 9.17) is 0 Å². The first-order valence-corrected chi connectivity index (χ1v) is 8.31. The Balaban J connectivity index is 1.84. The summed E-state index contributed by atoms with van der Waals surface area (Å²) in [7, 11) is 0. The van der Waals surface area contributed by atoms with Crippen LogP contribution in [0.1, 0.15) is 42.5 Å². The largest absolute Gasteiger partial charge is 0.480 e. The fourth-order valence-electron chi connectivity index (χ4n) is 3.64. The van der Waals surface area contributed by atoms with Gasteiger partial charge >= 0.3 is 5.97 Å². The summed E-state index contributed by atoms with van der Waals surface area (Å²) in [5.41, 5.74) is 3.87. The molecule has 1 aliphatic heterocycles. The van der Waals surface area contributed by atoms with Crippen molar-refractivity contribution in [3.05, 3.63) is 71.3 Å². The molecule has 23 heavy (non-hydrogen) atoms. The first-order valence-electron chi connectivity index (χ1n) is 8.31. The van der Waals surface area contributed by atoms with E-state index in [-0.39, 0.29) is 6.04 Å². The van der Waals surface area contributed by atoms with Crippen LogP contribution in [-0.2, 0) is 17.8 Å². The normalized spacial score (nSPS) is 18.6. The number of aryl methyl sites for hydroxylation is 1. The SMILES string of the molecule is CCC(C(=O)O)N1Cc2ccccc2[C@@H]1CCc1ccccc1. The minimum Gasteiger partial charge on any atom is -0.480 e. The van der Waals surface area contributed by atoms with Crippen molar-refractivity contribution < 1.29 is 9.90 Å². The van der Waals surface area contributed by atoms with E-state index in [1.54, 1.807) is 0 Å². The molecule has 3 heteroatoms. The van der Waals surface area contributed by atoms with Crippen LogP contribution in [0.15, 0.2) is 54.6 Å². The summed E-state index contributed by atoms with van der Waals surface area (Å²) in [6.45, 7) is 2.69. The summed E-state index contributed by atoms with van der Waals surface area (Å²) >= 11 is 0. The maximum Gasteiger partial charge on any atom is 0.320 e. The molecule has 3 nitrogen and oxygen atoms in total. The topological polar surface area (TPSA) is 40.5 Å². The van der Waals surface area contributed by atoms with E-state index in [0.29, 0.717) is 6.42 Å². The minimum atomic E-state index is -0.718. The van der Waals surface area contributed by atoms with Crippen molar-refractivity contribution in [3.63, 3.8) is 0 Å². The lowest BCUT2D eigenvalue weighted by Crippen LogP contribution is -2.39. The van der Waals surface area contributed by atoms with Crippen molar-refractivity contribution in [1.29, 1.82) is 0 Å². The van der Waals surface area contributed by atoms with E-state index in [9.17, 15) is 9.90 Å². The average Bonchev–Trinajstić information content (AvgIpc) is 2.92. The Kier molecular flexibility index (Phi) is 4.77. The lowest BCUT2D eigenvalue weighted by atomic mass is 9.97. The fraction of sp³-hybridized carbons (Fsp3) is 0.350. The van der Waals surface area contributed by atoms with E-state index in [2.05, 4.69) is 47.4 Å². The van der Waals surface area contributed by atoms with Crippen molar-refractivity contribution >= 4 is 5.97 Å². The summed E-state index contributed by atoms with van der Waals surface area (Å²) < 4.78 is 0. The van der Waals surface area contributed by atoms with Crippen LogP contribution in [0, 0.1) is 0 Å². The molecule has 1 unspecified atom stereocenters. The highest BCUT2D eigenvalue weighted by atomic mass is 16.4. The molecule has 3 rings (SSSR count). The van der Waals surface area contributed by atoms with Gasteiger partial charge in [0.1, 0.15) is 6.04 Å². The minimum absolute atomic E-state index is 0.187. The van der Waals surface area contributed by atoms with E-state index < -0.39 is 12.0 Å². The second kappa shape index (κ2) is 6.97. The Bertz CT molecular complexity index is 668. The van der Waals surface area contributed by atoms with Crippen LogP contribution in [0.4, 0.5) is 0 Å². The average molecular weight is 309 g/mol. The molecule has 0 aromatic heterocycles. The fourth-order valence-corrected chi connectivity index (χ4v) is 3.64. The lowest BCUT2D eigenvalue weighted by Gasteiger charge is -2.30. The van der Waals surface area contributed by atoms with Gasteiger partial charge in [-0.3, -0.25) is 9.69 Å². The number of benzene rings is 2. The Morgan fingerprint density at radius 2 is 1.87 bits per heavy atom. The molecule has 0 fully saturated rings. The van der Waals surface area contributed by atoms with Crippen molar-refractivity contribution in [1.82, 2.24) is 4.90 Å². The lowest BCUT2D eigenvalue weighted by molar-refractivity contribution is -0.144. The van der Waals surface area contributed by atoms with Crippen LogP contribution in [0.25, 0.3) is 0 Å². The zero-order chi connectivity index (χ0) is 16.2. The number of carboxylic acids is 1. The maximum absolute atomic E-state index is 11.6. The molecule has 0 amide bonds. The molecule has 0 bridgehead atoms. The first kappa shape index (κ1) is 15.8. The van der Waals surface area contributed by atoms with Crippen LogP contribution in [0.5, 0.6) is 0 Å². The van der Waals surface area contributed by atoms with E-state index in [1.807, 2.05) is 19.1 Å². The Morgan fingerprint density at radius 1 is 1.17 bits per heavy atom. The van der Waals surface area contributed by atoms with Gasteiger partial charge in [-0.25, -0.2) is 0 Å². The maximum atomic E-state index is 11.6. The molecule has 1 N–H and O–H groups in total. The van der Waals surface area contributed by atoms with Gasteiger partial charge in [-0.2, -0.15) is 0 Å². The van der Waals surface area contributed by atoms with Gasteiger partial charge in [0.15, 0.2) is 0 Å². The third kappa shape index (κ3) is 3.30. The van der Waals surface area contributed by atoms with E-state index in [1.165, 1.54) is 16.7 Å². The Morgan fingerprint density at radius 3 is 2.57 bits per heavy atom. The van der Waals surface area contributed by atoms with Gasteiger partial charge in [-0.15, -0.1) is 0 Å². The van der Waals surface area contributed by atoms with E-state index >= 15 is 0 Å². The highest BCUT2D eigenvalue weighted by Crippen LogP contribution is 2.38. The molecule has 1 heterocycles. The first-order chi connectivity index (χ1) is 11.2. The molecule has 0 radical (unpaired) electrons. The van der Waals surface area contributed by atoms with Gasteiger partial charge in [-0.1, -0.05) is 61.5 Å². The second-order valence-corrected chi connectivity index (χ2v) is 6.17. The summed E-state index contributed by atoms with van der Waals surface area (Å²) in [4.78, 5) is 13.8. The molecule has 2 atom stereocenters. The number of nitrogens with zero attached hydrogens (tertiary/aromatic N) is 1. The van der Waals surface area contributed by atoms with Crippen molar-refractivity contribution in [2.24, 2.45) is 0 Å². The number of carboxylic acid groups (broad SMARTS) is 1. The van der Waals surface area contributed by atoms with Gasteiger partial charge in [0.25, 0.3) is 0 Å². The molecular formula is C20H23NO2. The van der Waals surface area contributed by atoms with Crippen LogP contribution in [0.3, 0.4) is 0 Å². The Labute approximate surface area is 137 Å². The monoisotopic (exact) mass is 309 g/mol. The van der Waals surface area contributed by atoms with Gasteiger partial charge in [0, 0.05) is 12.6 Å². The zero-order valence-corrected chi connectivity index (χ0v) is 13.5. The van der Waals surface area contributed by atoms with Gasteiger partial charge in [0.05, 0.1) is 0 Å². The van der Waals surface area contributed by atoms with Gasteiger partial charge in [0.2, 0.25) is 0 Å². The standard InChI is InChI=1S/C20H23NO2/c1-2-18(20(22)23)21-14-16-10-6-7-11-17(16)19(21)13-12-15-8-4-3-5-9-15/h3-11,18-19H,2,12-14H2,1H3,(H,22,23)/t18?,19-/m0/s1. The van der Waals surface area contributed by atoms with Gasteiger partial charge in [-0.05, 0) is 36.0 Å². The molecule has 0 spiro atoms. The van der Waals surface area contributed by atoms with Crippen LogP contribution >= 0.6 is 0 Å².